The van der Waals surface area contributed by atoms with Crippen LogP contribution in [0.5, 0.6) is 0 Å². The first kappa shape index (κ1) is 23.2. The molecule has 0 heterocycles. The number of hydrogen-bond acceptors (Lipinski definition) is 2. The van der Waals surface area contributed by atoms with Crippen LogP contribution in [0.15, 0.2) is 35.9 Å². The zero-order valence-corrected chi connectivity index (χ0v) is 21.0. The molecule has 8 atom stereocenters. The number of aliphatic hydroxyl groups is 1. The summed E-state index contributed by atoms with van der Waals surface area (Å²) in [5.41, 5.74) is 4.55. The number of fused-ring (bicyclic) bond motifs is 5. The quantitative estimate of drug-likeness (QED) is 0.478. The molecule has 1 aromatic carbocycles. The van der Waals surface area contributed by atoms with Gasteiger partial charge in [-0.05, 0) is 122 Å². The summed E-state index contributed by atoms with van der Waals surface area (Å²) in [6.07, 6.45) is 16.1. The number of allylic oxidation sites excluding steroid dienone is 1. The summed E-state index contributed by atoms with van der Waals surface area (Å²) in [6, 6.07) is 10.4. The molecule has 4 aliphatic rings. The first-order chi connectivity index (χ1) is 15.8. The van der Waals surface area contributed by atoms with Crippen molar-refractivity contribution in [1.82, 2.24) is 0 Å². The number of benzene rings is 1. The molecule has 0 spiro atoms. The summed E-state index contributed by atoms with van der Waals surface area (Å²) >= 11 is 0. The fraction of sp³-hybridized carbons (Fsp3) is 0.710. The number of aryl methyl sites for hydroxylation is 1. The second kappa shape index (κ2) is 8.88. The Morgan fingerprint density at radius 3 is 2.79 bits per heavy atom. The molecular formula is C31H43NO. The van der Waals surface area contributed by atoms with Crippen molar-refractivity contribution < 1.29 is 5.11 Å². The Kier molecular flexibility index (Phi) is 6.24. The number of rotatable bonds is 5. The summed E-state index contributed by atoms with van der Waals surface area (Å²) in [4.78, 5) is 0. The van der Waals surface area contributed by atoms with Crippen molar-refractivity contribution in [2.45, 2.75) is 97.5 Å². The molecule has 3 fully saturated rings. The van der Waals surface area contributed by atoms with Crippen molar-refractivity contribution in [2.75, 3.05) is 0 Å². The van der Waals surface area contributed by atoms with Crippen LogP contribution in [0.4, 0.5) is 0 Å². The Balaban J connectivity index is 1.24. The third-order valence-corrected chi connectivity index (χ3v) is 11.0. The zero-order valence-electron chi connectivity index (χ0n) is 21.0. The number of nitrogens with zero attached hydrogens (tertiary/aromatic N) is 1. The van der Waals surface area contributed by atoms with Gasteiger partial charge < -0.3 is 5.11 Å². The minimum Gasteiger partial charge on any atom is -0.393 e. The third kappa shape index (κ3) is 3.99. The maximum absolute atomic E-state index is 10.3. The highest BCUT2D eigenvalue weighted by Crippen LogP contribution is 2.67. The van der Waals surface area contributed by atoms with E-state index in [1.165, 1.54) is 56.9 Å². The Hall–Kier alpha value is -1.59. The maximum Gasteiger partial charge on any atom is 0.0991 e. The molecule has 2 heteroatoms. The lowest BCUT2D eigenvalue weighted by atomic mass is 9.47. The van der Waals surface area contributed by atoms with Gasteiger partial charge in [0.1, 0.15) is 0 Å². The van der Waals surface area contributed by atoms with E-state index in [1.807, 2.05) is 12.1 Å². The van der Waals surface area contributed by atoms with Crippen molar-refractivity contribution in [2.24, 2.45) is 40.4 Å². The van der Waals surface area contributed by atoms with E-state index in [-0.39, 0.29) is 6.10 Å². The Labute approximate surface area is 201 Å². The SMILES string of the molecule is C[C@H](CCCc1cccc(C#N)c1)[C@H]1CCC2C3CC=C4CC(O)CCC4(C)C3CCC21C. The lowest BCUT2D eigenvalue weighted by Gasteiger charge is -2.58. The molecule has 0 aromatic heterocycles. The van der Waals surface area contributed by atoms with E-state index >= 15 is 0 Å². The lowest BCUT2D eigenvalue weighted by molar-refractivity contribution is -0.0572. The molecule has 2 nitrogen and oxygen atoms in total. The van der Waals surface area contributed by atoms with Gasteiger partial charge in [0.15, 0.2) is 0 Å². The smallest absolute Gasteiger partial charge is 0.0991 e. The van der Waals surface area contributed by atoms with Gasteiger partial charge in [-0.15, -0.1) is 0 Å². The summed E-state index contributed by atoms with van der Waals surface area (Å²) in [5, 5.41) is 19.4. The molecule has 0 amide bonds. The average Bonchev–Trinajstić information content (AvgIpc) is 3.17. The van der Waals surface area contributed by atoms with E-state index in [9.17, 15) is 5.11 Å². The second-order valence-electron chi connectivity index (χ2n) is 12.6. The minimum absolute atomic E-state index is 0.103. The Morgan fingerprint density at radius 2 is 1.97 bits per heavy atom. The predicted octanol–water partition coefficient (Wildman–Crippen LogP) is 7.46. The molecule has 33 heavy (non-hydrogen) atoms. The molecule has 178 valence electrons. The van der Waals surface area contributed by atoms with Crippen LogP contribution in [0.25, 0.3) is 0 Å². The van der Waals surface area contributed by atoms with Gasteiger partial charge in [-0.25, -0.2) is 0 Å². The van der Waals surface area contributed by atoms with Crippen LogP contribution in [0.3, 0.4) is 0 Å². The first-order valence-corrected chi connectivity index (χ1v) is 13.7. The fourth-order valence-electron chi connectivity index (χ4n) is 9.24. The van der Waals surface area contributed by atoms with E-state index in [0.29, 0.717) is 10.8 Å². The topological polar surface area (TPSA) is 44.0 Å². The van der Waals surface area contributed by atoms with Gasteiger partial charge in [0.05, 0.1) is 17.7 Å². The molecule has 0 aliphatic heterocycles. The number of aliphatic hydroxyl groups excluding tert-OH is 1. The average molecular weight is 446 g/mol. The Morgan fingerprint density at radius 1 is 1.12 bits per heavy atom. The van der Waals surface area contributed by atoms with Crippen LogP contribution >= 0.6 is 0 Å². The minimum atomic E-state index is -0.103. The normalized spacial score (nSPS) is 40.7. The van der Waals surface area contributed by atoms with Crippen LogP contribution in [0, 0.1) is 51.8 Å². The maximum atomic E-state index is 10.3. The number of nitriles is 1. The van der Waals surface area contributed by atoms with Gasteiger partial charge in [0, 0.05) is 0 Å². The van der Waals surface area contributed by atoms with Crippen molar-refractivity contribution in [1.29, 1.82) is 5.26 Å². The largest absolute Gasteiger partial charge is 0.393 e. The van der Waals surface area contributed by atoms with Gasteiger partial charge in [-0.3, -0.25) is 0 Å². The highest BCUT2D eigenvalue weighted by Gasteiger charge is 2.59. The summed E-state index contributed by atoms with van der Waals surface area (Å²) in [5.74, 6) is 4.23. The molecule has 3 saturated carbocycles. The second-order valence-corrected chi connectivity index (χ2v) is 12.6. The van der Waals surface area contributed by atoms with Crippen LogP contribution in [-0.4, -0.2) is 11.2 Å². The molecule has 4 aliphatic carbocycles. The Bertz CT molecular complexity index is 942. The standard InChI is InChI=1S/C31H43NO/c1-21(6-4-7-22-8-5-9-23(18-22)20-32)27-12-13-28-26-11-10-24-19-25(33)14-16-30(24,2)29(26)15-17-31(27,28)3/h5,8-10,18,21,25-29,33H,4,6-7,11-17,19H2,1-3H3/t21-,25?,26?,27-,28?,29?,30?,31?/m1/s1. The van der Waals surface area contributed by atoms with E-state index in [0.717, 1.165) is 54.4 Å². The third-order valence-electron chi connectivity index (χ3n) is 11.0. The van der Waals surface area contributed by atoms with Crippen LogP contribution < -0.4 is 0 Å². The molecule has 0 bridgehead atoms. The van der Waals surface area contributed by atoms with E-state index in [1.54, 1.807) is 5.57 Å². The van der Waals surface area contributed by atoms with E-state index < -0.39 is 0 Å². The van der Waals surface area contributed by atoms with E-state index in [2.05, 4.69) is 45.0 Å². The molecule has 0 saturated heterocycles. The van der Waals surface area contributed by atoms with Crippen molar-refractivity contribution in [3.8, 4) is 6.07 Å². The molecule has 6 unspecified atom stereocenters. The van der Waals surface area contributed by atoms with E-state index in [4.69, 9.17) is 5.26 Å². The fourth-order valence-corrected chi connectivity index (χ4v) is 9.24. The van der Waals surface area contributed by atoms with Gasteiger partial charge in [0.25, 0.3) is 0 Å². The van der Waals surface area contributed by atoms with Gasteiger partial charge in [0.2, 0.25) is 0 Å². The van der Waals surface area contributed by atoms with Crippen LogP contribution in [-0.2, 0) is 6.42 Å². The van der Waals surface area contributed by atoms with Gasteiger partial charge in [-0.1, -0.05) is 51.0 Å². The highest BCUT2D eigenvalue weighted by atomic mass is 16.3. The first-order valence-electron chi connectivity index (χ1n) is 13.7. The summed E-state index contributed by atoms with van der Waals surface area (Å²) < 4.78 is 0. The summed E-state index contributed by atoms with van der Waals surface area (Å²) in [6.45, 7) is 7.73. The predicted molar refractivity (Wildman–Crippen MR) is 134 cm³/mol. The van der Waals surface area contributed by atoms with Gasteiger partial charge in [-0.2, -0.15) is 5.26 Å². The molecule has 5 rings (SSSR count). The van der Waals surface area contributed by atoms with Crippen LogP contribution in [0.1, 0.15) is 96.1 Å². The van der Waals surface area contributed by atoms with Crippen molar-refractivity contribution in [3.63, 3.8) is 0 Å². The molecule has 1 N–H and O–H groups in total. The highest BCUT2D eigenvalue weighted by molar-refractivity contribution is 5.32. The molecular weight excluding hydrogens is 402 g/mol. The van der Waals surface area contributed by atoms with Gasteiger partial charge >= 0.3 is 0 Å². The van der Waals surface area contributed by atoms with Crippen LogP contribution in [0.2, 0.25) is 0 Å². The van der Waals surface area contributed by atoms with Crippen molar-refractivity contribution >= 4 is 0 Å². The number of hydrogen-bond donors (Lipinski definition) is 1. The monoisotopic (exact) mass is 445 g/mol. The van der Waals surface area contributed by atoms with Crippen molar-refractivity contribution in [3.05, 3.63) is 47.0 Å². The summed E-state index contributed by atoms with van der Waals surface area (Å²) in [7, 11) is 0. The lowest BCUT2D eigenvalue weighted by Crippen LogP contribution is -2.50. The molecule has 1 aromatic rings. The molecule has 0 radical (unpaired) electrons. The zero-order chi connectivity index (χ0) is 23.2.